The molecule has 1 N–H and O–H groups in total. The number of nitrogens with zero attached hydrogens (tertiary/aromatic N) is 3. The molecule has 10 heteroatoms. The summed E-state index contributed by atoms with van der Waals surface area (Å²) in [6, 6.07) is -0.484. The van der Waals surface area contributed by atoms with Gasteiger partial charge >= 0.3 is 11.7 Å². The Balaban J connectivity index is 1.90. The molecule has 1 saturated heterocycles. The number of aromatic nitrogens is 2. The monoisotopic (exact) mass is 400 g/mol. The van der Waals surface area contributed by atoms with Gasteiger partial charge in [-0.25, -0.2) is 14.0 Å². The number of aryl methyl sites for hydroxylation is 2. The van der Waals surface area contributed by atoms with Crippen LogP contribution in [0.15, 0.2) is 9.59 Å². The Labute approximate surface area is 157 Å². The van der Waals surface area contributed by atoms with Crippen LogP contribution in [0.1, 0.15) is 22.9 Å². The minimum atomic E-state index is -0.705. The topological polar surface area (TPSA) is 76.3 Å². The van der Waals surface area contributed by atoms with Crippen LogP contribution in [0.3, 0.4) is 0 Å². The second-order valence-corrected chi connectivity index (χ2v) is 8.25. The molecule has 2 atom stereocenters. The summed E-state index contributed by atoms with van der Waals surface area (Å²) in [5.74, 6) is 0. The molecule has 2 aliphatic rings. The van der Waals surface area contributed by atoms with Gasteiger partial charge in [0.25, 0.3) is 5.56 Å². The fraction of sp³-hybridized carbons (Fsp3) is 0.562. The van der Waals surface area contributed by atoms with Crippen molar-refractivity contribution in [2.24, 2.45) is 0 Å². The van der Waals surface area contributed by atoms with Crippen molar-refractivity contribution in [1.82, 2.24) is 19.4 Å². The van der Waals surface area contributed by atoms with E-state index in [-0.39, 0.29) is 29.6 Å². The van der Waals surface area contributed by atoms with Crippen molar-refractivity contribution < 1.29 is 9.18 Å². The first-order valence-corrected chi connectivity index (χ1v) is 9.69. The first-order chi connectivity index (χ1) is 12.4. The van der Waals surface area contributed by atoms with Gasteiger partial charge in [0, 0.05) is 18.0 Å². The Morgan fingerprint density at radius 3 is 2.65 bits per heavy atom. The maximum absolute atomic E-state index is 13.1. The number of halogens is 2. The zero-order valence-electron chi connectivity index (χ0n) is 14.1. The highest BCUT2D eigenvalue weighted by molar-refractivity contribution is 7.18. The van der Waals surface area contributed by atoms with E-state index in [9.17, 15) is 18.8 Å². The van der Waals surface area contributed by atoms with Crippen LogP contribution in [0.5, 0.6) is 0 Å². The second kappa shape index (κ2) is 6.38. The molecule has 2 aromatic rings. The van der Waals surface area contributed by atoms with Crippen molar-refractivity contribution in [2.45, 2.75) is 37.9 Å². The van der Waals surface area contributed by atoms with Crippen molar-refractivity contribution in [3.8, 4) is 0 Å². The number of amides is 2. The van der Waals surface area contributed by atoms with E-state index in [1.54, 1.807) is 4.90 Å². The molecular weight excluding hydrogens is 383 g/mol. The van der Waals surface area contributed by atoms with Gasteiger partial charge in [0.15, 0.2) is 0 Å². The number of alkyl halides is 2. The minimum Gasteiger partial charge on any atom is -0.336 e. The maximum Gasteiger partial charge on any atom is 0.332 e. The fourth-order valence-corrected chi connectivity index (χ4v) is 5.02. The van der Waals surface area contributed by atoms with Gasteiger partial charge in [-0.05, 0) is 18.9 Å². The Kier molecular flexibility index (Phi) is 4.31. The molecule has 140 valence electrons. The molecule has 1 aliphatic carbocycles. The molecule has 0 bridgehead atoms. The molecule has 2 aromatic heterocycles. The van der Waals surface area contributed by atoms with Gasteiger partial charge < -0.3 is 10.2 Å². The van der Waals surface area contributed by atoms with Gasteiger partial charge in [0.1, 0.15) is 11.5 Å². The molecule has 2 fully saturated rings. The summed E-state index contributed by atoms with van der Waals surface area (Å²) < 4.78 is 15.6. The third-order valence-electron chi connectivity index (χ3n) is 4.94. The zero-order chi connectivity index (χ0) is 18.6. The Hall–Kier alpha value is -1.87. The van der Waals surface area contributed by atoms with Crippen LogP contribution in [0.25, 0.3) is 10.2 Å². The van der Waals surface area contributed by atoms with Gasteiger partial charge in [-0.2, -0.15) is 0 Å². The summed E-state index contributed by atoms with van der Waals surface area (Å²) in [7, 11) is 0. The molecule has 1 aliphatic heterocycles. The summed E-state index contributed by atoms with van der Waals surface area (Å²) in [6.45, 7) is 2.53. The quantitative estimate of drug-likeness (QED) is 0.774. The highest BCUT2D eigenvalue weighted by Crippen LogP contribution is 2.39. The number of hydrogen-bond acceptors (Lipinski definition) is 4. The number of carbonyl (C=O) groups is 1. The number of rotatable bonds is 5. The number of nitrogens with one attached hydrogen (secondary N) is 1. The SMILES string of the molecule is Cc1c(CN2CCNC2=O)sc2c1c(=O)n(C1CC1Cl)c(=O)n2CCF. The Bertz CT molecular complexity index is 1010. The predicted octanol–water partition coefficient (Wildman–Crippen LogP) is 1.58. The van der Waals surface area contributed by atoms with Crippen LogP contribution in [-0.4, -0.2) is 45.2 Å². The fourth-order valence-electron chi connectivity index (χ4n) is 3.39. The third kappa shape index (κ3) is 2.64. The predicted molar refractivity (Wildman–Crippen MR) is 98.2 cm³/mol. The highest BCUT2D eigenvalue weighted by atomic mass is 35.5. The van der Waals surface area contributed by atoms with E-state index in [2.05, 4.69) is 5.32 Å². The summed E-state index contributed by atoms with van der Waals surface area (Å²) in [6.07, 6.45) is 0.557. The van der Waals surface area contributed by atoms with E-state index in [0.29, 0.717) is 36.3 Å². The van der Waals surface area contributed by atoms with Gasteiger partial charge in [0.05, 0.1) is 29.9 Å². The van der Waals surface area contributed by atoms with E-state index < -0.39 is 12.4 Å². The number of urea groups is 1. The lowest BCUT2D eigenvalue weighted by molar-refractivity contribution is 0.216. The van der Waals surface area contributed by atoms with Crippen LogP contribution in [0.4, 0.5) is 9.18 Å². The zero-order valence-corrected chi connectivity index (χ0v) is 15.7. The number of thiophene rings is 1. The normalized spacial score (nSPS) is 22.3. The van der Waals surface area contributed by atoms with Crippen molar-refractivity contribution >= 4 is 39.2 Å². The van der Waals surface area contributed by atoms with Gasteiger partial charge in [-0.3, -0.25) is 13.9 Å². The molecule has 0 radical (unpaired) electrons. The van der Waals surface area contributed by atoms with Crippen LogP contribution < -0.4 is 16.6 Å². The number of hydrogen-bond donors (Lipinski definition) is 1. The lowest BCUT2D eigenvalue weighted by Gasteiger charge is -2.12. The molecule has 0 spiro atoms. The van der Waals surface area contributed by atoms with Crippen molar-refractivity contribution in [3.63, 3.8) is 0 Å². The van der Waals surface area contributed by atoms with Crippen LogP contribution in [0.2, 0.25) is 0 Å². The van der Waals surface area contributed by atoms with Crippen LogP contribution >= 0.6 is 22.9 Å². The van der Waals surface area contributed by atoms with Gasteiger partial charge in [0.2, 0.25) is 0 Å². The number of carbonyl (C=O) groups excluding carboxylic acids is 1. The van der Waals surface area contributed by atoms with E-state index in [0.717, 1.165) is 10.4 Å². The van der Waals surface area contributed by atoms with Crippen molar-refractivity contribution in [1.29, 1.82) is 0 Å². The molecule has 2 unspecified atom stereocenters. The molecule has 1 saturated carbocycles. The summed E-state index contributed by atoms with van der Waals surface area (Å²) in [4.78, 5) is 40.5. The molecule has 4 rings (SSSR count). The first-order valence-electron chi connectivity index (χ1n) is 8.44. The van der Waals surface area contributed by atoms with Gasteiger partial charge in [-0.1, -0.05) is 0 Å². The second-order valence-electron chi connectivity index (χ2n) is 6.60. The summed E-state index contributed by atoms with van der Waals surface area (Å²) in [5.41, 5.74) is -0.151. The molecular formula is C16H18ClFN4O3S. The van der Waals surface area contributed by atoms with Crippen molar-refractivity contribution in [2.75, 3.05) is 19.8 Å². The molecule has 7 nitrogen and oxygen atoms in total. The maximum atomic E-state index is 13.1. The first kappa shape index (κ1) is 17.5. The average Bonchev–Trinajstić information content (AvgIpc) is 3.01. The van der Waals surface area contributed by atoms with E-state index in [4.69, 9.17) is 11.6 Å². The molecule has 26 heavy (non-hydrogen) atoms. The van der Waals surface area contributed by atoms with E-state index >= 15 is 0 Å². The lowest BCUT2D eigenvalue weighted by Crippen LogP contribution is -2.40. The largest absolute Gasteiger partial charge is 0.336 e. The number of fused-ring (bicyclic) bond motifs is 1. The highest BCUT2D eigenvalue weighted by Gasteiger charge is 2.40. The molecule has 3 heterocycles. The molecule has 2 amide bonds. The van der Waals surface area contributed by atoms with Crippen molar-refractivity contribution in [3.05, 3.63) is 31.3 Å². The van der Waals surface area contributed by atoms with Crippen LogP contribution in [-0.2, 0) is 13.1 Å². The molecule has 0 aromatic carbocycles. The van der Waals surface area contributed by atoms with E-state index in [1.807, 2.05) is 6.92 Å². The van der Waals surface area contributed by atoms with Gasteiger partial charge in [-0.15, -0.1) is 22.9 Å². The van der Waals surface area contributed by atoms with Crippen LogP contribution in [0, 0.1) is 6.92 Å². The average molecular weight is 401 g/mol. The smallest absolute Gasteiger partial charge is 0.332 e. The van der Waals surface area contributed by atoms with E-state index in [1.165, 1.54) is 20.5 Å². The minimum absolute atomic E-state index is 0.112. The Morgan fingerprint density at radius 2 is 2.08 bits per heavy atom. The standard InChI is InChI=1S/C16H18ClFN4O3S/c1-8-11(7-20-5-3-19-15(20)24)26-14-12(8)13(23)22(10-6-9(10)17)16(25)21(14)4-2-18/h9-10H,2-7H2,1H3,(H,19,24). The summed E-state index contributed by atoms with van der Waals surface area (Å²) in [5, 5.41) is 2.92. The lowest BCUT2D eigenvalue weighted by atomic mass is 10.2. The third-order valence-corrected chi connectivity index (χ3v) is 6.71. The Morgan fingerprint density at radius 1 is 1.35 bits per heavy atom. The summed E-state index contributed by atoms with van der Waals surface area (Å²) >= 11 is 7.33.